The Balaban J connectivity index is 1.89. The zero-order valence-electron chi connectivity index (χ0n) is 10.8. The van der Waals surface area contributed by atoms with E-state index in [0.717, 1.165) is 25.9 Å². The first-order valence-electron chi connectivity index (χ1n) is 6.33. The van der Waals surface area contributed by atoms with Gasteiger partial charge in [0.15, 0.2) is 5.82 Å². The average molecular weight is 253 g/mol. The lowest BCUT2D eigenvalue weighted by atomic mass is 9.92. The van der Waals surface area contributed by atoms with Gasteiger partial charge in [-0.1, -0.05) is 6.92 Å². The maximum atomic E-state index is 12.1. The number of tetrazole rings is 1. The highest BCUT2D eigenvalue weighted by atomic mass is 16.5. The molecule has 18 heavy (non-hydrogen) atoms. The van der Waals surface area contributed by atoms with E-state index < -0.39 is 0 Å². The van der Waals surface area contributed by atoms with Crippen molar-refractivity contribution >= 4 is 5.91 Å². The van der Waals surface area contributed by atoms with Gasteiger partial charge in [-0.3, -0.25) is 4.79 Å². The van der Waals surface area contributed by atoms with Crippen LogP contribution in [0.15, 0.2) is 0 Å². The molecule has 0 aromatic carbocycles. The second-order valence-electron chi connectivity index (χ2n) is 4.50. The smallest absolute Gasteiger partial charge is 0.226 e. The molecule has 0 aliphatic carbocycles. The Morgan fingerprint density at radius 1 is 1.61 bits per heavy atom. The van der Waals surface area contributed by atoms with Crippen molar-refractivity contribution in [1.82, 2.24) is 25.5 Å². The van der Waals surface area contributed by atoms with E-state index in [1.165, 1.54) is 0 Å². The minimum atomic E-state index is -0.0510. The van der Waals surface area contributed by atoms with E-state index in [1.807, 2.05) is 6.92 Å². The van der Waals surface area contributed by atoms with Crippen molar-refractivity contribution < 1.29 is 9.53 Å². The predicted molar refractivity (Wildman–Crippen MR) is 63.4 cm³/mol. The van der Waals surface area contributed by atoms with Crippen molar-refractivity contribution in [3.05, 3.63) is 5.82 Å². The first kappa shape index (κ1) is 12.9. The van der Waals surface area contributed by atoms with E-state index in [0.29, 0.717) is 12.4 Å². The summed E-state index contributed by atoms with van der Waals surface area (Å²) >= 11 is 0. The minimum Gasteiger partial charge on any atom is -0.377 e. The third-order valence-electron chi connectivity index (χ3n) is 3.31. The van der Waals surface area contributed by atoms with Crippen LogP contribution in [-0.4, -0.2) is 38.8 Å². The quantitative estimate of drug-likeness (QED) is 0.818. The molecular formula is C11H19N5O2. The molecule has 7 heteroatoms. The van der Waals surface area contributed by atoms with Gasteiger partial charge >= 0.3 is 0 Å². The standard InChI is InChI=1S/C11H19N5O2/c1-3-9-8(5-4-6-18-9)11(17)12-7-10-13-14-15-16(10)2/h8-9H,3-7H2,1-2H3,(H,12,17). The highest BCUT2D eigenvalue weighted by molar-refractivity contribution is 5.79. The Morgan fingerprint density at radius 2 is 2.44 bits per heavy atom. The molecule has 7 nitrogen and oxygen atoms in total. The van der Waals surface area contributed by atoms with Crippen LogP contribution in [0.4, 0.5) is 0 Å². The number of nitrogens with zero attached hydrogens (tertiary/aromatic N) is 4. The van der Waals surface area contributed by atoms with Crippen molar-refractivity contribution in [3.63, 3.8) is 0 Å². The molecule has 1 aliphatic rings. The molecule has 2 rings (SSSR count). The molecule has 2 heterocycles. The van der Waals surface area contributed by atoms with Gasteiger partial charge in [0, 0.05) is 13.7 Å². The Hall–Kier alpha value is -1.50. The number of carbonyl (C=O) groups excluding carboxylic acids is 1. The number of aromatic nitrogens is 4. The number of rotatable bonds is 4. The molecule has 1 fully saturated rings. The molecule has 0 spiro atoms. The third kappa shape index (κ3) is 2.84. The number of ether oxygens (including phenoxy) is 1. The molecule has 1 aromatic heterocycles. The molecule has 2 atom stereocenters. The summed E-state index contributed by atoms with van der Waals surface area (Å²) in [7, 11) is 1.75. The van der Waals surface area contributed by atoms with Crippen molar-refractivity contribution in [1.29, 1.82) is 0 Å². The van der Waals surface area contributed by atoms with Crippen LogP contribution >= 0.6 is 0 Å². The third-order valence-corrected chi connectivity index (χ3v) is 3.31. The van der Waals surface area contributed by atoms with Crippen LogP contribution in [0.1, 0.15) is 32.0 Å². The van der Waals surface area contributed by atoms with Gasteiger partial charge < -0.3 is 10.1 Å². The molecule has 1 amide bonds. The maximum absolute atomic E-state index is 12.1. The Morgan fingerprint density at radius 3 is 3.11 bits per heavy atom. The highest BCUT2D eigenvalue weighted by Gasteiger charge is 2.30. The zero-order valence-corrected chi connectivity index (χ0v) is 10.8. The average Bonchev–Trinajstić information content (AvgIpc) is 2.81. The van der Waals surface area contributed by atoms with Gasteiger partial charge in [0.2, 0.25) is 5.91 Å². The van der Waals surface area contributed by atoms with Crippen LogP contribution in [0.2, 0.25) is 0 Å². The number of nitrogens with one attached hydrogen (secondary N) is 1. The number of hydrogen-bond donors (Lipinski definition) is 1. The Labute approximate surface area is 106 Å². The molecule has 100 valence electrons. The summed E-state index contributed by atoms with van der Waals surface area (Å²) in [4.78, 5) is 12.1. The van der Waals surface area contributed by atoms with E-state index in [4.69, 9.17) is 4.74 Å². The van der Waals surface area contributed by atoms with E-state index >= 15 is 0 Å². The van der Waals surface area contributed by atoms with Crippen LogP contribution in [0.25, 0.3) is 0 Å². The fourth-order valence-electron chi connectivity index (χ4n) is 2.24. The van der Waals surface area contributed by atoms with Gasteiger partial charge in [-0.15, -0.1) is 5.10 Å². The van der Waals surface area contributed by atoms with Crippen molar-refractivity contribution in [3.8, 4) is 0 Å². The molecule has 1 aromatic rings. The first-order valence-corrected chi connectivity index (χ1v) is 6.33. The molecule has 2 unspecified atom stereocenters. The second kappa shape index (κ2) is 5.90. The number of hydrogen-bond acceptors (Lipinski definition) is 5. The largest absolute Gasteiger partial charge is 0.377 e. The molecule has 0 saturated carbocycles. The predicted octanol–water partition coefficient (Wildman–Crippen LogP) is 0.0315. The van der Waals surface area contributed by atoms with Gasteiger partial charge in [0.1, 0.15) is 0 Å². The lowest BCUT2D eigenvalue weighted by molar-refractivity contribution is -0.134. The topological polar surface area (TPSA) is 81.9 Å². The van der Waals surface area contributed by atoms with Gasteiger partial charge in [0.25, 0.3) is 0 Å². The number of amides is 1. The van der Waals surface area contributed by atoms with Gasteiger partial charge in [-0.2, -0.15) is 0 Å². The van der Waals surface area contributed by atoms with Crippen LogP contribution in [0, 0.1) is 5.92 Å². The van der Waals surface area contributed by atoms with Crippen LogP contribution in [-0.2, 0) is 23.1 Å². The van der Waals surface area contributed by atoms with Gasteiger partial charge in [-0.05, 0) is 29.7 Å². The number of carbonyl (C=O) groups is 1. The van der Waals surface area contributed by atoms with Gasteiger partial charge in [0.05, 0.1) is 18.6 Å². The van der Waals surface area contributed by atoms with Crippen molar-refractivity contribution in [2.75, 3.05) is 6.61 Å². The molecule has 0 bridgehead atoms. The van der Waals surface area contributed by atoms with E-state index in [2.05, 4.69) is 20.8 Å². The molecule has 0 radical (unpaired) electrons. The number of aryl methyl sites for hydroxylation is 1. The van der Waals surface area contributed by atoms with Gasteiger partial charge in [-0.25, -0.2) is 4.68 Å². The molecule has 1 aliphatic heterocycles. The van der Waals surface area contributed by atoms with Crippen LogP contribution < -0.4 is 5.32 Å². The second-order valence-corrected chi connectivity index (χ2v) is 4.50. The summed E-state index contributed by atoms with van der Waals surface area (Å²) in [5.74, 6) is 0.627. The van der Waals surface area contributed by atoms with Crippen LogP contribution in [0.3, 0.4) is 0 Å². The summed E-state index contributed by atoms with van der Waals surface area (Å²) in [5, 5.41) is 14.0. The maximum Gasteiger partial charge on any atom is 0.226 e. The monoisotopic (exact) mass is 253 g/mol. The van der Waals surface area contributed by atoms with Crippen molar-refractivity contribution in [2.45, 2.75) is 38.8 Å². The lowest BCUT2D eigenvalue weighted by Crippen LogP contribution is -2.41. The molecule has 1 N–H and O–H groups in total. The normalized spacial score (nSPS) is 23.9. The molecular weight excluding hydrogens is 234 g/mol. The summed E-state index contributed by atoms with van der Waals surface area (Å²) in [6.07, 6.45) is 2.74. The fourth-order valence-corrected chi connectivity index (χ4v) is 2.24. The van der Waals surface area contributed by atoms with E-state index in [9.17, 15) is 4.79 Å². The van der Waals surface area contributed by atoms with Crippen LogP contribution in [0.5, 0.6) is 0 Å². The Bertz CT molecular complexity index is 406. The minimum absolute atomic E-state index is 0.0320. The summed E-state index contributed by atoms with van der Waals surface area (Å²) in [6, 6.07) is 0. The lowest BCUT2D eigenvalue weighted by Gasteiger charge is -2.29. The first-order chi connectivity index (χ1) is 8.72. The van der Waals surface area contributed by atoms with E-state index in [1.54, 1.807) is 11.7 Å². The van der Waals surface area contributed by atoms with E-state index in [-0.39, 0.29) is 17.9 Å². The fraction of sp³-hybridized carbons (Fsp3) is 0.818. The summed E-state index contributed by atoms with van der Waals surface area (Å²) in [5.41, 5.74) is 0. The summed E-state index contributed by atoms with van der Waals surface area (Å²) in [6.45, 7) is 3.16. The zero-order chi connectivity index (χ0) is 13.0. The SMILES string of the molecule is CCC1OCCCC1C(=O)NCc1nnnn1C. The summed E-state index contributed by atoms with van der Waals surface area (Å²) < 4.78 is 7.17. The Kier molecular flexibility index (Phi) is 4.24. The molecule has 1 saturated heterocycles. The van der Waals surface area contributed by atoms with Crippen molar-refractivity contribution in [2.24, 2.45) is 13.0 Å². The highest BCUT2D eigenvalue weighted by Crippen LogP contribution is 2.23.